The number of ether oxygens (including phenoxy) is 1. The first-order valence-electron chi connectivity index (χ1n) is 8.49. The summed E-state index contributed by atoms with van der Waals surface area (Å²) in [5.74, 6) is 1.80. The number of methoxy groups -OCH3 is 1. The van der Waals surface area contributed by atoms with E-state index in [1.165, 1.54) is 11.1 Å². The Morgan fingerprint density at radius 1 is 1.28 bits per heavy atom. The molecular formula is C18H23N5OS. The number of benzene rings is 1. The molecule has 0 radical (unpaired) electrons. The van der Waals surface area contributed by atoms with Gasteiger partial charge in [0.25, 0.3) is 0 Å². The first kappa shape index (κ1) is 17.4. The molecule has 0 saturated heterocycles. The highest BCUT2D eigenvalue weighted by Crippen LogP contribution is 2.26. The number of aromatic nitrogens is 2. The van der Waals surface area contributed by atoms with Crippen LogP contribution in [-0.4, -0.2) is 35.3 Å². The van der Waals surface area contributed by atoms with Crippen LogP contribution in [0, 0.1) is 0 Å². The van der Waals surface area contributed by atoms with Crippen LogP contribution in [0.5, 0.6) is 5.88 Å². The molecule has 0 saturated carbocycles. The quantitative estimate of drug-likeness (QED) is 0.798. The number of hydrogen-bond acceptors (Lipinski definition) is 5. The maximum Gasteiger partial charge on any atom is 0.234 e. The van der Waals surface area contributed by atoms with E-state index < -0.39 is 0 Å². The van der Waals surface area contributed by atoms with E-state index in [1.807, 2.05) is 6.07 Å². The molecule has 3 rings (SSSR count). The van der Waals surface area contributed by atoms with E-state index in [1.54, 1.807) is 7.11 Å². The molecule has 0 fully saturated rings. The van der Waals surface area contributed by atoms with Gasteiger partial charge in [0.15, 0.2) is 5.11 Å². The van der Waals surface area contributed by atoms with Crippen molar-refractivity contribution in [1.82, 2.24) is 15.3 Å². The molecule has 6 nitrogen and oxygen atoms in total. The molecule has 7 heteroatoms. The Labute approximate surface area is 153 Å². The van der Waals surface area contributed by atoms with Gasteiger partial charge in [0.2, 0.25) is 11.8 Å². The number of thiocarbonyl (C=S) groups is 1. The molecule has 0 spiro atoms. The average Bonchev–Trinajstić information content (AvgIpc) is 2.65. The Bertz CT molecular complexity index is 752. The average molecular weight is 357 g/mol. The second kappa shape index (κ2) is 8.11. The molecule has 1 aliphatic heterocycles. The fourth-order valence-corrected chi connectivity index (χ4v) is 3.00. The molecule has 1 aliphatic rings. The van der Waals surface area contributed by atoms with Crippen LogP contribution in [0.2, 0.25) is 0 Å². The van der Waals surface area contributed by atoms with Crippen molar-refractivity contribution >= 4 is 29.1 Å². The van der Waals surface area contributed by atoms with E-state index in [-0.39, 0.29) is 0 Å². The largest absolute Gasteiger partial charge is 0.481 e. The third-order valence-electron chi connectivity index (χ3n) is 4.11. The van der Waals surface area contributed by atoms with Crippen LogP contribution in [-0.2, 0) is 13.0 Å². The second-order valence-electron chi connectivity index (χ2n) is 5.91. The summed E-state index contributed by atoms with van der Waals surface area (Å²) in [7, 11) is 1.61. The van der Waals surface area contributed by atoms with Crippen molar-refractivity contribution in [1.29, 1.82) is 0 Å². The molecule has 1 aromatic heterocycles. The number of fused-ring (bicyclic) bond motifs is 1. The van der Waals surface area contributed by atoms with E-state index in [4.69, 9.17) is 17.0 Å². The van der Waals surface area contributed by atoms with Crippen molar-refractivity contribution in [2.75, 3.05) is 30.4 Å². The smallest absolute Gasteiger partial charge is 0.234 e. The van der Waals surface area contributed by atoms with Gasteiger partial charge in [-0.3, -0.25) is 0 Å². The van der Waals surface area contributed by atoms with Crippen LogP contribution in [0.25, 0.3) is 0 Å². The fraction of sp³-hybridized carbons (Fsp3) is 0.389. The Hall–Kier alpha value is -2.41. The van der Waals surface area contributed by atoms with E-state index in [0.717, 1.165) is 38.3 Å². The zero-order chi connectivity index (χ0) is 17.6. The Morgan fingerprint density at radius 2 is 2.08 bits per heavy atom. The molecule has 0 amide bonds. The third-order valence-corrected chi connectivity index (χ3v) is 4.36. The molecule has 2 N–H and O–H groups in total. The van der Waals surface area contributed by atoms with Crippen molar-refractivity contribution in [3.63, 3.8) is 0 Å². The summed E-state index contributed by atoms with van der Waals surface area (Å²) in [6, 6.07) is 10.4. The van der Waals surface area contributed by atoms with Gasteiger partial charge >= 0.3 is 0 Å². The zero-order valence-electron chi connectivity index (χ0n) is 14.6. The SMILES string of the molecule is CCCNC(=S)Nc1nc(OC)cc(N2CCc3ccccc3C2)n1. The monoisotopic (exact) mass is 357 g/mol. The summed E-state index contributed by atoms with van der Waals surface area (Å²) < 4.78 is 5.34. The number of nitrogens with zero attached hydrogens (tertiary/aromatic N) is 3. The summed E-state index contributed by atoms with van der Waals surface area (Å²) in [6.07, 6.45) is 2.00. The first-order valence-corrected chi connectivity index (χ1v) is 8.90. The number of nitrogens with one attached hydrogen (secondary N) is 2. The molecule has 0 atom stereocenters. The molecule has 0 aliphatic carbocycles. The van der Waals surface area contributed by atoms with E-state index in [2.05, 4.69) is 56.7 Å². The molecule has 25 heavy (non-hydrogen) atoms. The van der Waals surface area contributed by atoms with Crippen LogP contribution in [0.15, 0.2) is 30.3 Å². The summed E-state index contributed by atoms with van der Waals surface area (Å²) in [6.45, 7) is 4.64. The van der Waals surface area contributed by atoms with Crippen LogP contribution >= 0.6 is 12.2 Å². The molecule has 1 aromatic carbocycles. The fourth-order valence-electron chi connectivity index (χ4n) is 2.81. The van der Waals surface area contributed by atoms with E-state index in [0.29, 0.717) is 16.9 Å². The lowest BCUT2D eigenvalue weighted by molar-refractivity contribution is 0.397. The highest BCUT2D eigenvalue weighted by molar-refractivity contribution is 7.80. The molecule has 0 unspecified atom stereocenters. The second-order valence-corrected chi connectivity index (χ2v) is 6.32. The van der Waals surface area contributed by atoms with Crippen LogP contribution in [0.1, 0.15) is 24.5 Å². The minimum atomic E-state index is 0.446. The van der Waals surface area contributed by atoms with Crippen molar-refractivity contribution < 1.29 is 4.74 Å². The van der Waals surface area contributed by atoms with Crippen molar-refractivity contribution in [2.24, 2.45) is 0 Å². The van der Waals surface area contributed by atoms with Gasteiger partial charge in [0, 0.05) is 25.7 Å². The van der Waals surface area contributed by atoms with Crippen LogP contribution < -0.4 is 20.3 Å². The maximum absolute atomic E-state index is 5.34. The van der Waals surface area contributed by atoms with Crippen LogP contribution in [0.3, 0.4) is 0 Å². The molecule has 2 heterocycles. The standard InChI is InChI=1S/C18H23N5OS/c1-3-9-19-18(25)22-17-20-15(11-16(21-17)24-2)23-10-8-13-6-4-5-7-14(13)12-23/h4-7,11H,3,8-10,12H2,1-2H3,(H2,19,20,21,22,25). The number of hydrogen-bond donors (Lipinski definition) is 2. The topological polar surface area (TPSA) is 62.3 Å². The predicted molar refractivity (Wildman–Crippen MR) is 104 cm³/mol. The Balaban J connectivity index is 1.79. The molecule has 0 bridgehead atoms. The highest BCUT2D eigenvalue weighted by Gasteiger charge is 2.19. The first-order chi connectivity index (χ1) is 12.2. The van der Waals surface area contributed by atoms with Gasteiger partial charge in [-0.1, -0.05) is 31.2 Å². The van der Waals surface area contributed by atoms with Gasteiger partial charge < -0.3 is 20.3 Å². The zero-order valence-corrected chi connectivity index (χ0v) is 15.4. The summed E-state index contributed by atoms with van der Waals surface area (Å²) in [5, 5.41) is 6.68. The summed E-state index contributed by atoms with van der Waals surface area (Å²) in [4.78, 5) is 11.2. The van der Waals surface area contributed by atoms with E-state index in [9.17, 15) is 0 Å². The lowest BCUT2D eigenvalue weighted by Gasteiger charge is -2.30. The number of anilines is 2. The molecule has 2 aromatic rings. The Morgan fingerprint density at radius 3 is 2.84 bits per heavy atom. The number of rotatable bonds is 5. The normalized spacial score (nSPS) is 13.1. The lowest BCUT2D eigenvalue weighted by Crippen LogP contribution is -2.32. The van der Waals surface area contributed by atoms with Crippen molar-refractivity contribution in [3.8, 4) is 5.88 Å². The van der Waals surface area contributed by atoms with Crippen molar-refractivity contribution in [3.05, 3.63) is 41.5 Å². The maximum atomic E-state index is 5.34. The van der Waals surface area contributed by atoms with Gasteiger partial charge in [0.1, 0.15) is 5.82 Å². The lowest BCUT2D eigenvalue weighted by atomic mass is 10.00. The van der Waals surface area contributed by atoms with Gasteiger partial charge in [-0.2, -0.15) is 9.97 Å². The van der Waals surface area contributed by atoms with Gasteiger partial charge in [-0.15, -0.1) is 0 Å². The molecule has 132 valence electrons. The highest BCUT2D eigenvalue weighted by atomic mass is 32.1. The minimum absolute atomic E-state index is 0.446. The third kappa shape index (κ3) is 4.36. The summed E-state index contributed by atoms with van der Waals surface area (Å²) in [5.41, 5.74) is 2.74. The summed E-state index contributed by atoms with van der Waals surface area (Å²) >= 11 is 5.28. The van der Waals surface area contributed by atoms with Crippen molar-refractivity contribution in [2.45, 2.75) is 26.3 Å². The molecular weight excluding hydrogens is 334 g/mol. The van der Waals surface area contributed by atoms with E-state index >= 15 is 0 Å². The minimum Gasteiger partial charge on any atom is -0.481 e. The van der Waals surface area contributed by atoms with Crippen LogP contribution in [0.4, 0.5) is 11.8 Å². The van der Waals surface area contributed by atoms with Gasteiger partial charge in [0.05, 0.1) is 7.11 Å². The van der Waals surface area contributed by atoms with Gasteiger partial charge in [-0.25, -0.2) is 0 Å². The predicted octanol–water partition coefficient (Wildman–Crippen LogP) is 2.74. The van der Waals surface area contributed by atoms with Gasteiger partial charge in [-0.05, 0) is 36.2 Å². The Kier molecular flexibility index (Phi) is 5.65.